The third kappa shape index (κ3) is 5.26. The predicted molar refractivity (Wildman–Crippen MR) is 96.1 cm³/mol. The number of H-pyrrole nitrogens is 1. The zero-order valence-corrected chi connectivity index (χ0v) is 15.2. The van der Waals surface area contributed by atoms with Crippen molar-refractivity contribution >= 4 is 5.91 Å². The van der Waals surface area contributed by atoms with E-state index in [2.05, 4.69) is 25.1 Å². The zero-order chi connectivity index (χ0) is 17.5. The molecule has 2 N–H and O–H groups in total. The molecular formula is C18H31N5O2. The molecule has 0 aromatic carbocycles. The third-order valence-electron chi connectivity index (χ3n) is 5.43. The van der Waals surface area contributed by atoms with E-state index in [-0.39, 0.29) is 11.8 Å². The lowest BCUT2D eigenvalue weighted by atomic mass is 9.93. The van der Waals surface area contributed by atoms with Crippen LogP contribution in [0, 0.1) is 5.92 Å². The highest BCUT2D eigenvalue weighted by atomic mass is 16.5. The van der Waals surface area contributed by atoms with Gasteiger partial charge in [0.1, 0.15) is 5.82 Å². The number of carbonyl (C=O) groups is 1. The highest BCUT2D eigenvalue weighted by molar-refractivity contribution is 5.78. The summed E-state index contributed by atoms with van der Waals surface area (Å²) in [5.74, 6) is 1.37. The van der Waals surface area contributed by atoms with Crippen molar-refractivity contribution in [1.29, 1.82) is 0 Å². The van der Waals surface area contributed by atoms with Gasteiger partial charge < -0.3 is 15.0 Å². The van der Waals surface area contributed by atoms with Crippen LogP contribution < -0.4 is 5.32 Å². The molecule has 0 bridgehead atoms. The molecule has 0 spiro atoms. The molecule has 2 aliphatic heterocycles. The number of piperidine rings is 2. The van der Waals surface area contributed by atoms with Crippen LogP contribution in [0.3, 0.4) is 0 Å². The van der Waals surface area contributed by atoms with Crippen LogP contribution in [0.1, 0.15) is 31.5 Å². The summed E-state index contributed by atoms with van der Waals surface area (Å²) in [6, 6.07) is 0.613. The maximum absolute atomic E-state index is 12.3. The van der Waals surface area contributed by atoms with Crippen LogP contribution in [0.15, 0.2) is 12.4 Å². The van der Waals surface area contributed by atoms with Gasteiger partial charge in [0.2, 0.25) is 5.91 Å². The van der Waals surface area contributed by atoms with Crippen LogP contribution in [-0.4, -0.2) is 78.2 Å². The van der Waals surface area contributed by atoms with E-state index in [4.69, 9.17) is 4.74 Å². The quantitative estimate of drug-likeness (QED) is 0.714. The number of nitrogens with zero attached hydrogens (tertiary/aromatic N) is 3. The summed E-state index contributed by atoms with van der Waals surface area (Å²) in [5.41, 5.74) is 0. The molecule has 1 aromatic rings. The molecule has 140 valence electrons. The minimum Gasteiger partial charge on any atom is -0.383 e. The van der Waals surface area contributed by atoms with Gasteiger partial charge in [-0.1, -0.05) is 0 Å². The molecule has 3 rings (SSSR count). The molecule has 7 heteroatoms. The minimum atomic E-state index is 0.131. The SMILES string of the molecule is COCCNC(=O)C1CCCN(C2CCN(Cc3ncc[nH]3)CC2)C1. The van der Waals surface area contributed by atoms with E-state index in [9.17, 15) is 4.79 Å². The van der Waals surface area contributed by atoms with E-state index in [1.807, 2.05) is 12.4 Å². The summed E-state index contributed by atoms with van der Waals surface area (Å²) in [4.78, 5) is 24.8. The van der Waals surface area contributed by atoms with E-state index >= 15 is 0 Å². The van der Waals surface area contributed by atoms with Crippen molar-refractivity contribution in [2.75, 3.05) is 46.4 Å². The third-order valence-corrected chi connectivity index (χ3v) is 5.43. The molecule has 7 nitrogen and oxygen atoms in total. The topological polar surface area (TPSA) is 73.5 Å². The van der Waals surface area contributed by atoms with Crippen LogP contribution in [-0.2, 0) is 16.1 Å². The Kier molecular flexibility index (Phi) is 6.84. The number of aromatic nitrogens is 2. The summed E-state index contributed by atoms with van der Waals surface area (Å²) >= 11 is 0. The molecule has 0 aliphatic carbocycles. The number of carbonyl (C=O) groups excluding carboxylic acids is 1. The fourth-order valence-electron chi connectivity index (χ4n) is 4.01. The Bertz CT molecular complexity index is 514. The van der Waals surface area contributed by atoms with Crippen molar-refractivity contribution in [3.63, 3.8) is 0 Å². The van der Waals surface area contributed by atoms with E-state index in [0.29, 0.717) is 19.2 Å². The second-order valence-electron chi connectivity index (χ2n) is 7.16. The standard InChI is InChI=1S/C18H31N5O2/c1-25-12-8-21-18(24)15-3-2-9-23(13-15)16-4-10-22(11-5-16)14-17-19-6-7-20-17/h6-7,15-16H,2-5,8-14H2,1H3,(H,19,20)(H,21,24). The Morgan fingerprint density at radius 1 is 1.36 bits per heavy atom. The number of methoxy groups -OCH3 is 1. The Balaban J connectivity index is 1.42. The van der Waals surface area contributed by atoms with Gasteiger partial charge in [0.25, 0.3) is 0 Å². The van der Waals surface area contributed by atoms with Crippen molar-refractivity contribution in [2.24, 2.45) is 5.92 Å². The number of amides is 1. The van der Waals surface area contributed by atoms with Gasteiger partial charge in [0.15, 0.2) is 0 Å². The van der Waals surface area contributed by atoms with Gasteiger partial charge >= 0.3 is 0 Å². The number of rotatable bonds is 7. The maximum atomic E-state index is 12.3. The molecule has 2 saturated heterocycles. The first-order valence-corrected chi connectivity index (χ1v) is 9.47. The second kappa shape index (κ2) is 9.31. The van der Waals surface area contributed by atoms with Crippen molar-refractivity contribution in [2.45, 2.75) is 38.3 Å². The largest absolute Gasteiger partial charge is 0.383 e. The van der Waals surface area contributed by atoms with Gasteiger partial charge in [-0.25, -0.2) is 4.98 Å². The lowest BCUT2D eigenvalue weighted by Gasteiger charge is -2.41. The summed E-state index contributed by atoms with van der Waals surface area (Å²) < 4.78 is 5.01. The maximum Gasteiger partial charge on any atom is 0.224 e. The lowest BCUT2D eigenvalue weighted by Crippen LogP contribution is -2.50. The smallest absolute Gasteiger partial charge is 0.224 e. The molecule has 2 fully saturated rings. The van der Waals surface area contributed by atoms with Crippen molar-refractivity contribution in [3.8, 4) is 0 Å². The fraction of sp³-hybridized carbons (Fsp3) is 0.778. The van der Waals surface area contributed by atoms with Crippen LogP contribution in [0.2, 0.25) is 0 Å². The second-order valence-corrected chi connectivity index (χ2v) is 7.16. The molecule has 3 heterocycles. The van der Waals surface area contributed by atoms with Gasteiger partial charge in [-0.2, -0.15) is 0 Å². The average Bonchev–Trinajstić information content (AvgIpc) is 3.16. The van der Waals surface area contributed by atoms with E-state index in [1.165, 1.54) is 12.8 Å². The summed E-state index contributed by atoms with van der Waals surface area (Å²) in [5, 5.41) is 3.00. The van der Waals surface area contributed by atoms with Crippen LogP contribution in [0.4, 0.5) is 0 Å². The molecule has 2 aliphatic rings. The van der Waals surface area contributed by atoms with Crippen molar-refractivity contribution in [3.05, 3.63) is 18.2 Å². The summed E-state index contributed by atoms with van der Waals surface area (Å²) in [7, 11) is 1.66. The molecule has 1 aromatic heterocycles. The number of ether oxygens (including phenoxy) is 1. The molecule has 0 radical (unpaired) electrons. The molecule has 1 amide bonds. The number of imidazole rings is 1. The summed E-state index contributed by atoms with van der Waals surface area (Å²) in [6.07, 6.45) is 8.18. The molecule has 25 heavy (non-hydrogen) atoms. The zero-order valence-electron chi connectivity index (χ0n) is 15.2. The minimum absolute atomic E-state index is 0.131. The summed E-state index contributed by atoms with van der Waals surface area (Å²) in [6.45, 7) is 6.34. The highest BCUT2D eigenvalue weighted by Crippen LogP contribution is 2.24. The first kappa shape index (κ1) is 18.4. The van der Waals surface area contributed by atoms with Crippen molar-refractivity contribution in [1.82, 2.24) is 25.1 Å². The van der Waals surface area contributed by atoms with Crippen LogP contribution >= 0.6 is 0 Å². The Labute approximate surface area is 150 Å². The van der Waals surface area contributed by atoms with Gasteiger partial charge in [-0.3, -0.25) is 14.6 Å². The molecule has 0 saturated carbocycles. The highest BCUT2D eigenvalue weighted by Gasteiger charge is 2.31. The van der Waals surface area contributed by atoms with E-state index in [0.717, 1.165) is 51.4 Å². The van der Waals surface area contributed by atoms with Crippen molar-refractivity contribution < 1.29 is 9.53 Å². The fourth-order valence-corrected chi connectivity index (χ4v) is 4.01. The Hall–Kier alpha value is -1.44. The first-order chi connectivity index (χ1) is 12.3. The molecule has 1 unspecified atom stereocenters. The Morgan fingerprint density at radius 2 is 2.20 bits per heavy atom. The lowest BCUT2D eigenvalue weighted by molar-refractivity contribution is -0.127. The van der Waals surface area contributed by atoms with Crippen LogP contribution in [0.25, 0.3) is 0 Å². The van der Waals surface area contributed by atoms with E-state index < -0.39 is 0 Å². The molecular weight excluding hydrogens is 318 g/mol. The Morgan fingerprint density at radius 3 is 2.92 bits per heavy atom. The first-order valence-electron chi connectivity index (χ1n) is 9.47. The van der Waals surface area contributed by atoms with E-state index in [1.54, 1.807) is 7.11 Å². The number of hydrogen-bond donors (Lipinski definition) is 2. The van der Waals surface area contributed by atoms with Gasteiger partial charge in [0.05, 0.1) is 19.1 Å². The van der Waals surface area contributed by atoms with Gasteiger partial charge in [0, 0.05) is 51.7 Å². The normalized spacial score (nSPS) is 23.6. The van der Waals surface area contributed by atoms with Crippen LogP contribution in [0.5, 0.6) is 0 Å². The monoisotopic (exact) mass is 349 g/mol. The average molecular weight is 349 g/mol. The molecule has 1 atom stereocenters. The number of likely N-dealkylation sites (tertiary alicyclic amines) is 2. The number of nitrogens with one attached hydrogen (secondary N) is 2. The van der Waals surface area contributed by atoms with Gasteiger partial charge in [-0.05, 0) is 32.2 Å². The number of hydrogen-bond acceptors (Lipinski definition) is 5. The van der Waals surface area contributed by atoms with Gasteiger partial charge in [-0.15, -0.1) is 0 Å². The predicted octanol–water partition coefficient (Wildman–Crippen LogP) is 0.849. The number of aromatic amines is 1.